The van der Waals surface area contributed by atoms with Crippen molar-refractivity contribution >= 4 is 17.7 Å². The molecule has 102 valence electrons. The monoisotopic (exact) mass is 262 g/mol. The Hall–Kier alpha value is -2.17. The van der Waals surface area contributed by atoms with Gasteiger partial charge in [0.25, 0.3) is 5.69 Å². The minimum atomic E-state index is -0.459. The van der Waals surface area contributed by atoms with E-state index in [2.05, 4.69) is 12.2 Å². The maximum Gasteiger partial charge on any atom is 0.276 e. The van der Waals surface area contributed by atoms with Gasteiger partial charge in [-0.2, -0.15) is 0 Å². The molecule has 0 saturated carbocycles. The molecular formula is C14H18N2O3. The number of carbonyl (C=O) groups excluding carboxylic acids is 1. The fourth-order valence-electron chi connectivity index (χ4n) is 1.61. The highest BCUT2D eigenvalue weighted by molar-refractivity contribution is 5.92. The van der Waals surface area contributed by atoms with E-state index in [-0.39, 0.29) is 11.6 Å². The fourth-order valence-corrected chi connectivity index (χ4v) is 1.61. The van der Waals surface area contributed by atoms with Crippen LogP contribution in [0.4, 0.5) is 5.69 Å². The largest absolute Gasteiger partial charge is 0.353 e. The van der Waals surface area contributed by atoms with E-state index in [0.29, 0.717) is 12.1 Å². The summed E-state index contributed by atoms with van der Waals surface area (Å²) >= 11 is 0. The van der Waals surface area contributed by atoms with Gasteiger partial charge in [0.15, 0.2) is 0 Å². The van der Waals surface area contributed by atoms with Crippen LogP contribution in [0.15, 0.2) is 30.3 Å². The van der Waals surface area contributed by atoms with Crippen molar-refractivity contribution in [3.8, 4) is 0 Å². The first-order valence-corrected chi connectivity index (χ1v) is 6.34. The molecule has 0 atom stereocenters. The highest BCUT2D eigenvalue weighted by Crippen LogP contribution is 2.18. The number of para-hydroxylation sites is 1. The van der Waals surface area contributed by atoms with Crippen LogP contribution in [0.25, 0.3) is 6.08 Å². The minimum Gasteiger partial charge on any atom is -0.353 e. The lowest BCUT2D eigenvalue weighted by Gasteiger charge is -2.00. The van der Waals surface area contributed by atoms with Crippen LogP contribution in [0.3, 0.4) is 0 Å². The van der Waals surface area contributed by atoms with Crippen molar-refractivity contribution in [2.24, 2.45) is 0 Å². The summed E-state index contributed by atoms with van der Waals surface area (Å²) in [4.78, 5) is 21.8. The zero-order valence-electron chi connectivity index (χ0n) is 11.0. The lowest BCUT2D eigenvalue weighted by molar-refractivity contribution is -0.385. The molecule has 1 aromatic rings. The van der Waals surface area contributed by atoms with Gasteiger partial charge in [-0.25, -0.2) is 0 Å². The summed E-state index contributed by atoms with van der Waals surface area (Å²) < 4.78 is 0. The van der Waals surface area contributed by atoms with E-state index < -0.39 is 4.92 Å². The molecule has 0 bridgehead atoms. The first-order valence-electron chi connectivity index (χ1n) is 6.34. The molecule has 0 unspecified atom stereocenters. The second-order valence-electron chi connectivity index (χ2n) is 4.15. The van der Waals surface area contributed by atoms with Gasteiger partial charge in [-0.05, 0) is 18.6 Å². The van der Waals surface area contributed by atoms with Crippen molar-refractivity contribution < 1.29 is 9.72 Å². The van der Waals surface area contributed by atoms with Crippen LogP contribution in [-0.4, -0.2) is 17.4 Å². The third-order valence-corrected chi connectivity index (χ3v) is 2.63. The van der Waals surface area contributed by atoms with Gasteiger partial charge in [0.05, 0.1) is 10.5 Å². The molecular weight excluding hydrogens is 244 g/mol. The van der Waals surface area contributed by atoms with E-state index in [1.54, 1.807) is 18.2 Å². The lowest BCUT2D eigenvalue weighted by Crippen LogP contribution is -2.21. The number of amides is 1. The van der Waals surface area contributed by atoms with Crippen LogP contribution >= 0.6 is 0 Å². The predicted octanol–water partition coefficient (Wildman–Crippen LogP) is 2.91. The van der Waals surface area contributed by atoms with Crippen LogP contribution in [0.2, 0.25) is 0 Å². The highest BCUT2D eigenvalue weighted by Gasteiger charge is 2.09. The number of benzene rings is 1. The Balaban J connectivity index is 2.56. The summed E-state index contributed by atoms with van der Waals surface area (Å²) in [7, 11) is 0. The third-order valence-electron chi connectivity index (χ3n) is 2.63. The molecule has 1 amide bonds. The fraction of sp³-hybridized carbons (Fsp3) is 0.357. The maximum absolute atomic E-state index is 11.5. The zero-order valence-corrected chi connectivity index (χ0v) is 11.0. The first-order chi connectivity index (χ1) is 9.15. The average Bonchev–Trinajstić information content (AvgIpc) is 2.41. The average molecular weight is 262 g/mol. The summed E-state index contributed by atoms with van der Waals surface area (Å²) in [6.07, 6.45) is 5.92. The van der Waals surface area contributed by atoms with Crippen molar-refractivity contribution in [3.63, 3.8) is 0 Å². The maximum atomic E-state index is 11.5. The van der Waals surface area contributed by atoms with Crippen LogP contribution in [0.5, 0.6) is 0 Å². The molecule has 19 heavy (non-hydrogen) atoms. The molecule has 0 aromatic heterocycles. The van der Waals surface area contributed by atoms with Gasteiger partial charge in [-0.1, -0.05) is 31.9 Å². The van der Waals surface area contributed by atoms with E-state index in [1.165, 1.54) is 18.2 Å². The molecule has 1 rings (SSSR count). The Morgan fingerprint density at radius 3 is 2.79 bits per heavy atom. The number of nitrogens with one attached hydrogen (secondary N) is 1. The standard InChI is InChI=1S/C14H18N2O3/c1-2-3-6-11-15-14(17)10-9-12-7-4-5-8-13(12)16(18)19/h4-5,7-10H,2-3,6,11H2,1H3,(H,15,17)/b10-9+. The number of hydrogen-bond acceptors (Lipinski definition) is 3. The number of unbranched alkanes of at least 4 members (excludes halogenated alkanes) is 2. The van der Waals surface area contributed by atoms with Crippen LogP contribution < -0.4 is 5.32 Å². The SMILES string of the molecule is CCCCCNC(=O)/C=C/c1ccccc1[N+](=O)[O-]. The van der Waals surface area contributed by atoms with Gasteiger partial charge in [0.2, 0.25) is 5.91 Å². The number of nitro benzene ring substituents is 1. The van der Waals surface area contributed by atoms with Crippen molar-refractivity contribution in [2.75, 3.05) is 6.54 Å². The topological polar surface area (TPSA) is 72.2 Å². The minimum absolute atomic E-state index is 0.00228. The molecule has 0 radical (unpaired) electrons. The van der Waals surface area contributed by atoms with Gasteiger partial charge in [0.1, 0.15) is 0 Å². The van der Waals surface area contributed by atoms with Gasteiger partial charge in [-0.15, -0.1) is 0 Å². The van der Waals surface area contributed by atoms with Gasteiger partial charge < -0.3 is 5.32 Å². The second-order valence-corrected chi connectivity index (χ2v) is 4.15. The summed E-state index contributed by atoms with van der Waals surface area (Å²) in [5, 5.41) is 13.5. The Kier molecular flexibility index (Phi) is 6.29. The van der Waals surface area contributed by atoms with E-state index in [9.17, 15) is 14.9 Å². The number of rotatable bonds is 7. The first kappa shape index (κ1) is 14.9. The van der Waals surface area contributed by atoms with Crippen molar-refractivity contribution in [3.05, 3.63) is 46.0 Å². The molecule has 0 aliphatic heterocycles. The lowest BCUT2D eigenvalue weighted by atomic mass is 10.1. The molecule has 0 heterocycles. The summed E-state index contributed by atoms with van der Waals surface area (Å²) in [5.74, 6) is -0.228. The smallest absolute Gasteiger partial charge is 0.276 e. The number of carbonyl (C=O) groups is 1. The van der Waals surface area contributed by atoms with Crippen molar-refractivity contribution in [1.82, 2.24) is 5.32 Å². The number of nitro groups is 1. The van der Waals surface area contributed by atoms with Gasteiger partial charge >= 0.3 is 0 Å². The predicted molar refractivity (Wildman–Crippen MR) is 74.7 cm³/mol. The number of nitrogens with zero attached hydrogens (tertiary/aromatic N) is 1. The van der Waals surface area contributed by atoms with Crippen molar-refractivity contribution in [2.45, 2.75) is 26.2 Å². The normalized spacial score (nSPS) is 10.6. The van der Waals surface area contributed by atoms with E-state index in [4.69, 9.17) is 0 Å². The van der Waals surface area contributed by atoms with Crippen molar-refractivity contribution in [1.29, 1.82) is 0 Å². The Labute approximate surface area is 112 Å². The highest BCUT2D eigenvalue weighted by atomic mass is 16.6. The summed E-state index contributed by atoms with van der Waals surface area (Å²) in [5.41, 5.74) is 0.425. The Morgan fingerprint density at radius 1 is 1.37 bits per heavy atom. The molecule has 1 N–H and O–H groups in total. The summed E-state index contributed by atoms with van der Waals surface area (Å²) in [6, 6.07) is 6.32. The van der Waals surface area contributed by atoms with Crippen LogP contribution in [-0.2, 0) is 4.79 Å². The second kappa shape index (κ2) is 8.02. The Bertz CT molecular complexity index is 470. The quantitative estimate of drug-likeness (QED) is 0.355. The molecule has 1 aromatic carbocycles. The molecule has 0 aliphatic rings. The van der Waals surface area contributed by atoms with Gasteiger partial charge in [0, 0.05) is 18.7 Å². The third kappa shape index (κ3) is 5.33. The summed E-state index contributed by atoms with van der Waals surface area (Å²) in [6.45, 7) is 2.73. The molecule has 0 saturated heterocycles. The molecule has 0 aliphatic carbocycles. The Morgan fingerprint density at radius 2 is 2.11 bits per heavy atom. The van der Waals surface area contributed by atoms with Crippen LogP contribution in [0, 0.1) is 10.1 Å². The van der Waals surface area contributed by atoms with E-state index >= 15 is 0 Å². The molecule has 5 nitrogen and oxygen atoms in total. The molecule has 0 fully saturated rings. The molecule has 5 heteroatoms. The van der Waals surface area contributed by atoms with Crippen LogP contribution in [0.1, 0.15) is 31.7 Å². The van der Waals surface area contributed by atoms with Gasteiger partial charge in [-0.3, -0.25) is 14.9 Å². The molecule has 0 spiro atoms. The number of hydrogen-bond donors (Lipinski definition) is 1. The zero-order chi connectivity index (χ0) is 14.1. The van der Waals surface area contributed by atoms with E-state index in [1.807, 2.05) is 0 Å². The van der Waals surface area contributed by atoms with E-state index in [0.717, 1.165) is 19.3 Å².